The van der Waals surface area contributed by atoms with Gasteiger partial charge in [-0.15, -0.1) is 0 Å². The monoisotopic (exact) mass is 221 g/mol. The molecule has 1 aliphatic rings. The zero-order chi connectivity index (χ0) is 11.7. The normalized spacial score (nSPS) is 14.5. The molecule has 0 radical (unpaired) electrons. The lowest BCUT2D eigenvalue weighted by atomic mass is 9.97. The maximum Gasteiger partial charge on any atom is 0.511 e. The summed E-state index contributed by atoms with van der Waals surface area (Å²) in [5.74, 6) is 0.472. The van der Waals surface area contributed by atoms with Crippen LogP contribution in [0.1, 0.15) is 17.5 Å². The lowest BCUT2D eigenvalue weighted by Crippen LogP contribution is -2.26. The molecule has 0 fully saturated rings. The topological polar surface area (TPSA) is 49.8 Å². The van der Waals surface area contributed by atoms with Crippen molar-refractivity contribution in [2.24, 2.45) is 0 Å². The van der Waals surface area contributed by atoms with Crippen molar-refractivity contribution >= 4 is 11.8 Å². The molecule has 1 aromatic carbocycles. The number of carboxylic acid groups (broad SMARTS) is 1. The standard InChI is InChI=1S/C12H15NO3/c1-8-5-6-10(16-12(14)15)9-4-3-7-13(2)11(8)9/h5-6H,3-4,7H2,1-2H3,(H,14,15). The predicted molar refractivity (Wildman–Crippen MR) is 61.4 cm³/mol. The van der Waals surface area contributed by atoms with Gasteiger partial charge in [-0.05, 0) is 31.4 Å². The van der Waals surface area contributed by atoms with E-state index in [0.29, 0.717) is 5.75 Å². The molecule has 1 heterocycles. The molecule has 0 aliphatic carbocycles. The first-order valence-corrected chi connectivity index (χ1v) is 5.34. The summed E-state index contributed by atoms with van der Waals surface area (Å²) in [7, 11) is 2.02. The first-order valence-electron chi connectivity index (χ1n) is 5.34. The largest absolute Gasteiger partial charge is 0.511 e. The van der Waals surface area contributed by atoms with Crippen molar-refractivity contribution in [1.29, 1.82) is 0 Å². The minimum Gasteiger partial charge on any atom is -0.449 e. The fourth-order valence-corrected chi connectivity index (χ4v) is 2.30. The molecular formula is C12H15NO3. The van der Waals surface area contributed by atoms with E-state index in [1.165, 1.54) is 0 Å². The Labute approximate surface area is 94.4 Å². The van der Waals surface area contributed by atoms with Gasteiger partial charge in [-0.2, -0.15) is 0 Å². The first kappa shape index (κ1) is 10.8. The highest BCUT2D eigenvalue weighted by Crippen LogP contribution is 2.36. The highest BCUT2D eigenvalue weighted by Gasteiger charge is 2.20. The second kappa shape index (κ2) is 4.04. The molecule has 0 bridgehead atoms. The molecule has 0 unspecified atom stereocenters. The van der Waals surface area contributed by atoms with Crippen LogP contribution in [0.2, 0.25) is 0 Å². The van der Waals surface area contributed by atoms with Gasteiger partial charge in [0.05, 0.1) is 0 Å². The third-order valence-corrected chi connectivity index (χ3v) is 2.94. The third-order valence-electron chi connectivity index (χ3n) is 2.94. The average Bonchev–Trinajstić information content (AvgIpc) is 2.22. The predicted octanol–water partition coefficient (Wildman–Crippen LogP) is 2.43. The van der Waals surface area contributed by atoms with Crippen molar-refractivity contribution in [1.82, 2.24) is 0 Å². The van der Waals surface area contributed by atoms with Gasteiger partial charge >= 0.3 is 6.16 Å². The number of anilines is 1. The molecule has 0 aromatic heterocycles. The van der Waals surface area contributed by atoms with Crippen molar-refractivity contribution in [2.75, 3.05) is 18.5 Å². The molecular weight excluding hydrogens is 206 g/mol. The van der Waals surface area contributed by atoms with E-state index in [1.54, 1.807) is 6.07 Å². The lowest BCUT2D eigenvalue weighted by molar-refractivity contribution is 0.144. The second-order valence-electron chi connectivity index (χ2n) is 4.10. The molecule has 1 aromatic rings. The Morgan fingerprint density at radius 1 is 1.50 bits per heavy atom. The maximum atomic E-state index is 10.6. The van der Waals surface area contributed by atoms with Crippen LogP contribution >= 0.6 is 0 Å². The first-order chi connectivity index (χ1) is 7.59. The number of hydrogen-bond acceptors (Lipinski definition) is 3. The zero-order valence-electron chi connectivity index (χ0n) is 9.49. The molecule has 0 amide bonds. The maximum absolute atomic E-state index is 10.6. The molecule has 4 heteroatoms. The number of benzene rings is 1. The summed E-state index contributed by atoms with van der Waals surface area (Å²) in [5, 5.41) is 8.67. The molecule has 4 nitrogen and oxygen atoms in total. The van der Waals surface area contributed by atoms with Gasteiger partial charge in [-0.25, -0.2) is 4.79 Å². The molecule has 0 atom stereocenters. The van der Waals surface area contributed by atoms with Gasteiger partial charge in [-0.1, -0.05) is 6.07 Å². The Morgan fingerprint density at radius 3 is 2.94 bits per heavy atom. The number of rotatable bonds is 1. The van der Waals surface area contributed by atoms with Crippen molar-refractivity contribution in [2.45, 2.75) is 19.8 Å². The summed E-state index contributed by atoms with van der Waals surface area (Å²) < 4.78 is 4.81. The van der Waals surface area contributed by atoms with Crippen molar-refractivity contribution in [3.05, 3.63) is 23.3 Å². The number of nitrogens with zero attached hydrogens (tertiary/aromatic N) is 1. The molecule has 0 spiro atoms. The Kier molecular flexibility index (Phi) is 2.73. The average molecular weight is 221 g/mol. The van der Waals surface area contributed by atoms with Crippen LogP contribution in [0.15, 0.2) is 12.1 Å². The molecule has 1 aliphatic heterocycles. The lowest BCUT2D eigenvalue weighted by Gasteiger charge is -2.30. The van der Waals surface area contributed by atoms with Crippen LogP contribution in [0.25, 0.3) is 0 Å². The van der Waals surface area contributed by atoms with Crippen molar-refractivity contribution in [3.8, 4) is 5.75 Å². The molecule has 1 N–H and O–H groups in total. The fraction of sp³-hybridized carbons (Fsp3) is 0.417. The van der Waals surface area contributed by atoms with Crippen LogP contribution in [0, 0.1) is 6.92 Å². The van der Waals surface area contributed by atoms with Gasteiger partial charge in [0.1, 0.15) is 5.75 Å². The van der Waals surface area contributed by atoms with E-state index in [4.69, 9.17) is 9.84 Å². The Morgan fingerprint density at radius 2 is 2.25 bits per heavy atom. The van der Waals surface area contributed by atoms with Gasteiger partial charge in [0, 0.05) is 24.8 Å². The zero-order valence-corrected chi connectivity index (χ0v) is 9.49. The summed E-state index contributed by atoms with van der Waals surface area (Å²) in [4.78, 5) is 12.7. The van der Waals surface area contributed by atoms with E-state index in [9.17, 15) is 4.79 Å². The van der Waals surface area contributed by atoms with Gasteiger partial charge < -0.3 is 14.7 Å². The van der Waals surface area contributed by atoms with Crippen molar-refractivity contribution in [3.63, 3.8) is 0 Å². The SMILES string of the molecule is Cc1ccc(OC(=O)O)c2c1N(C)CCC2. The summed E-state index contributed by atoms with van der Waals surface area (Å²) in [6, 6.07) is 3.64. The Balaban J connectivity index is 2.49. The summed E-state index contributed by atoms with van der Waals surface area (Å²) in [6.45, 7) is 3.04. The highest BCUT2D eigenvalue weighted by atomic mass is 16.7. The van der Waals surface area contributed by atoms with E-state index in [1.807, 2.05) is 20.0 Å². The quantitative estimate of drug-likeness (QED) is 0.584. The summed E-state index contributed by atoms with van der Waals surface area (Å²) >= 11 is 0. The highest BCUT2D eigenvalue weighted by molar-refractivity contribution is 5.69. The second-order valence-corrected chi connectivity index (χ2v) is 4.10. The van der Waals surface area contributed by atoms with E-state index in [2.05, 4.69) is 4.90 Å². The Bertz CT molecular complexity index is 429. The smallest absolute Gasteiger partial charge is 0.449 e. The van der Waals surface area contributed by atoms with Gasteiger partial charge in [0.2, 0.25) is 0 Å². The third kappa shape index (κ3) is 1.83. The number of carbonyl (C=O) groups is 1. The van der Waals surface area contributed by atoms with Crippen LogP contribution in [0.4, 0.5) is 10.5 Å². The molecule has 16 heavy (non-hydrogen) atoms. The van der Waals surface area contributed by atoms with Crippen LogP contribution in [0.5, 0.6) is 5.75 Å². The van der Waals surface area contributed by atoms with Crippen molar-refractivity contribution < 1.29 is 14.6 Å². The molecule has 86 valence electrons. The molecule has 0 saturated heterocycles. The molecule has 2 rings (SSSR count). The van der Waals surface area contributed by atoms with E-state index in [0.717, 1.165) is 36.2 Å². The summed E-state index contributed by atoms with van der Waals surface area (Å²) in [5.41, 5.74) is 3.29. The van der Waals surface area contributed by atoms with Crippen LogP contribution in [-0.2, 0) is 6.42 Å². The minimum atomic E-state index is -1.25. The van der Waals surface area contributed by atoms with E-state index in [-0.39, 0.29) is 0 Å². The number of fused-ring (bicyclic) bond motifs is 1. The molecule has 0 saturated carbocycles. The van der Waals surface area contributed by atoms with Gasteiger partial charge in [-0.3, -0.25) is 0 Å². The minimum absolute atomic E-state index is 0.472. The number of aryl methyl sites for hydroxylation is 1. The van der Waals surface area contributed by atoms with Gasteiger partial charge in [0.15, 0.2) is 0 Å². The van der Waals surface area contributed by atoms with Crippen LogP contribution in [0.3, 0.4) is 0 Å². The fourth-order valence-electron chi connectivity index (χ4n) is 2.30. The van der Waals surface area contributed by atoms with Crippen LogP contribution < -0.4 is 9.64 Å². The van der Waals surface area contributed by atoms with Crippen LogP contribution in [-0.4, -0.2) is 24.9 Å². The van der Waals surface area contributed by atoms with Gasteiger partial charge in [0.25, 0.3) is 0 Å². The van der Waals surface area contributed by atoms with E-state index < -0.39 is 6.16 Å². The number of hydrogen-bond donors (Lipinski definition) is 1. The Hall–Kier alpha value is -1.71. The van der Waals surface area contributed by atoms with E-state index >= 15 is 0 Å². The number of ether oxygens (including phenoxy) is 1. The summed E-state index contributed by atoms with van der Waals surface area (Å²) in [6.07, 6.45) is 0.659.